The molecule has 0 amide bonds. The van der Waals surface area contributed by atoms with Crippen molar-refractivity contribution in [3.05, 3.63) is 43.5 Å². The third-order valence-corrected chi connectivity index (χ3v) is 1.94. The Morgan fingerprint density at radius 2 is 2.07 bits per heavy atom. The Hall–Kier alpha value is -1.64. The molecule has 1 rings (SSSR count). The number of hydrogen-bond acceptors (Lipinski definition) is 2. The standard InChI is InChI=1S/C11H15N3/c1-9(2)10(3)5-6-11(4)14-8-12-7-13-14/h5-9H,3-4H2,1-2H3/b6-5-. The molecule has 0 saturated heterocycles. The maximum absolute atomic E-state index is 3.96. The molecule has 0 unspecified atom stereocenters. The van der Waals surface area contributed by atoms with E-state index in [1.165, 1.54) is 6.33 Å². The first-order valence-corrected chi connectivity index (χ1v) is 4.52. The molecule has 1 heterocycles. The van der Waals surface area contributed by atoms with Crippen molar-refractivity contribution in [3.63, 3.8) is 0 Å². The minimum Gasteiger partial charge on any atom is -0.223 e. The average molecular weight is 189 g/mol. The second-order valence-corrected chi connectivity index (χ2v) is 3.39. The molecule has 14 heavy (non-hydrogen) atoms. The fraction of sp³-hybridized carbons (Fsp3) is 0.273. The van der Waals surface area contributed by atoms with Crippen LogP contribution in [0, 0.1) is 5.92 Å². The second-order valence-electron chi connectivity index (χ2n) is 3.39. The molecule has 0 saturated carbocycles. The van der Waals surface area contributed by atoms with Crippen molar-refractivity contribution in [3.8, 4) is 0 Å². The summed E-state index contributed by atoms with van der Waals surface area (Å²) in [7, 11) is 0. The van der Waals surface area contributed by atoms with Gasteiger partial charge in [0, 0.05) is 0 Å². The Balaban J connectivity index is 2.62. The van der Waals surface area contributed by atoms with Crippen LogP contribution in [-0.4, -0.2) is 14.8 Å². The van der Waals surface area contributed by atoms with E-state index in [4.69, 9.17) is 0 Å². The highest BCUT2D eigenvalue weighted by Gasteiger charge is 1.96. The van der Waals surface area contributed by atoms with Gasteiger partial charge in [-0.25, -0.2) is 9.67 Å². The lowest BCUT2D eigenvalue weighted by Gasteiger charge is -2.03. The van der Waals surface area contributed by atoms with Crippen molar-refractivity contribution in [1.82, 2.24) is 14.8 Å². The topological polar surface area (TPSA) is 30.7 Å². The second kappa shape index (κ2) is 4.56. The highest BCUT2D eigenvalue weighted by atomic mass is 15.3. The summed E-state index contributed by atoms with van der Waals surface area (Å²) in [5.41, 5.74) is 1.86. The van der Waals surface area contributed by atoms with E-state index in [0.29, 0.717) is 5.92 Å². The molecule has 0 N–H and O–H groups in total. The lowest BCUT2D eigenvalue weighted by molar-refractivity contribution is 0.795. The van der Waals surface area contributed by atoms with Crippen molar-refractivity contribution in [2.45, 2.75) is 13.8 Å². The Bertz CT molecular complexity index is 345. The molecule has 0 aliphatic rings. The van der Waals surface area contributed by atoms with Gasteiger partial charge < -0.3 is 0 Å². The first kappa shape index (κ1) is 10.4. The summed E-state index contributed by atoms with van der Waals surface area (Å²) >= 11 is 0. The molecule has 0 radical (unpaired) electrons. The van der Waals surface area contributed by atoms with Crippen molar-refractivity contribution >= 4 is 5.70 Å². The van der Waals surface area contributed by atoms with E-state index in [0.717, 1.165) is 11.3 Å². The quantitative estimate of drug-likeness (QED) is 0.681. The van der Waals surface area contributed by atoms with Crippen LogP contribution >= 0.6 is 0 Å². The van der Waals surface area contributed by atoms with Gasteiger partial charge in [0.25, 0.3) is 0 Å². The predicted octanol–water partition coefficient (Wildman–Crippen LogP) is 2.52. The third-order valence-electron chi connectivity index (χ3n) is 1.94. The van der Waals surface area contributed by atoms with Crippen LogP contribution in [0.1, 0.15) is 13.8 Å². The monoisotopic (exact) mass is 189 g/mol. The van der Waals surface area contributed by atoms with Crippen molar-refractivity contribution in [1.29, 1.82) is 0 Å². The summed E-state index contributed by atoms with van der Waals surface area (Å²) < 4.78 is 1.62. The molecule has 0 aliphatic carbocycles. The zero-order valence-corrected chi connectivity index (χ0v) is 8.64. The fourth-order valence-corrected chi connectivity index (χ4v) is 0.829. The summed E-state index contributed by atoms with van der Waals surface area (Å²) in [5.74, 6) is 0.454. The van der Waals surface area contributed by atoms with Crippen LogP contribution in [-0.2, 0) is 0 Å². The van der Waals surface area contributed by atoms with Gasteiger partial charge in [-0.3, -0.25) is 0 Å². The number of nitrogens with zero attached hydrogens (tertiary/aromatic N) is 3. The molecule has 1 aromatic heterocycles. The minimum atomic E-state index is 0.454. The van der Waals surface area contributed by atoms with Crippen LogP contribution in [0.4, 0.5) is 0 Å². The number of rotatable bonds is 4. The summed E-state index contributed by atoms with van der Waals surface area (Å²) in [6.07, 6.45) is 6.94. The molecule has 3 nitrogen and oxygen atoms in total. The molecule has 0 spiro atoms. The van der Waals surface area contributed by atoms with E-state index in [2.05, 4.69) is 37.1 Å². The molecule has 74 valence electrons. The van der Waals surface area contributed by atoms with Crippen LogP contribution in [0.25, 0.3) is 5.70 Å². The Morgan fingerprint density at radius 1 is 1.36 bits per heavy atom. The number of allylic oxidation sites excluding steroid dienone is 4. The van der Waals surface area contributed by atoms with Crippen LogP contribution in [0.5, 0.6) is 0 Å². The lowest BCUT2D eigenvalue weighted by atomic mass is 10.1. The van der Waals surface area contributed by atoms with Gasteiger partial charge in [-0.1, -0.05) is 38.7 Å². The van der Waals surface area contributed by atoms with Crippen molar-refractivity contribution in [2.24, 2.45) is 5.92 Å². The first-order chi connectivity index (χ1) is 6.61. The van der Waals surface area contributed by atoms with Crippen LogP contribution in [0.2, 0.25) is 0 Å². The molecule has 0 aliphatic heterocycles. The zero-order chi connectivity index (χ0) is 10.6. The molecule has 0 atom stereocenters. The van der Waals surface area contributed by atoms with Crippen molar-refractivity contribution < 1.29 is 0 Å². The van der Waals surface area contributed by atoms with Gasteiger partial charge >= 0.3 is 0 Å². The van der Waals surface area contributed by atoms with Crippen LogP contribution in [0.3, 0.4) is 0 Å². The van der Waals surface area contributed by atoms with Gasteiger partial charge in [0.1, 0.15) is 12.7 Å². The maximum atomic E-state index is 3.96. The highest BCUT2D eigenvalue weighted by molar-refractivity contribution is 5.53. The SMILES string of the molecule is C=C(/C=C\C(=C)n1cncn1)C(C)C. The Kier molecular flexibility index (Phi) is 3.40. The maximum Gasteiger partial charge on any atom is 0.138 e. The average Bonchev–Trinajstić information content (AvgIpc) is 2.66. The van der Waals surface area contributed by atoms with Gasteiger partial charge in [0.15, 0.2) is 0 Å². The van der Waals surface area contributed by atoms with Gasteiger partial charge in [0.05, 0.1) is 5.70 Å². The highest BCUT2D eigenvalue weighted by Crippen LogP contribution is 2.10. The van der Waals surface area contributed by atoms with E-state index in [9.17, 15) is 0 Å². The molecule has 3 heteroatoms. The zero-order valence-electron chi connectivity index (χ0n) is 8.64. The first-order valence-electron chi connectivity index (χ1n) is 4.52. The summed E-state index contributed by atoms with van der Waals surface area (Å²) in [6, 6.07) is 0. The normalized spacial score (nSPS) is 11.1. The Morgan fingerprint density at radius 3 is 2.57 bits per heavy atom. The molecular weight excluding hydrogens is 174 g/mol. The van der Waals surface area contributed by atoms with E-state index in [-0.39, 0.29) is 0 Å². The molecular formula is C11H15N3. The number of hydrogen-bond donors (Lipinski definition) is 0. The molecule has 0 bridgehead atoms. The summed E-state index contributed by atoms with van der Waals surface area (Å²) in [6.45, 7) is 12.0. The van der Waals surface area contributed by atoms with Crippen molar-refractivity contribution in [2.75, 3.05) is 0 Å². The van der Waals surface area contributed by atoms with E-state index in [1.807, 2.05) is 12.2 Å². The van der Waals surface area contributed by atoms with Crippen LogP contribution in [0.15, 0.2) is 43.5 Å². The predicted molar refractivity (Wildman–Crippen MR) is 58.5 cm³/mol. The number of aromatic nitrogens is 3. The smallest absolute Gasteiger partial charge is 0.138 e. The van der Waals surface area contributed by atoms with E-state index < -0.39 is 0 Å². The van der Waals surface area contributed by atoms with Gasteiger partial charge in [-0.05, 0) is 12.0 Å². The largest absolute Gasteiger partial charge is 0.223 e. The van der Waals surface area contributed by atoms with Crippen LogP contribution < -0.4 is 0 Å². The summed E-state index contributed by atoms with van der Waals surface area (Å²) in [5, 5.41) is 3.96. The Labute approximate surface area is 84.5 Å². The molecule has 1 aromatic rings. The fourth-order valence-electron chi connectivity index (χ4n) is 0.829. The molecule has 0 aromatic carbocycles. The third kappa shape index (κ3) is 2.69. The summed E-state index contributed by atoms with van der Waals surface area (Å²) in [4.78, 5) is 3.84. The van der Waals surface area contributed by atoms with Gasteiger partial charge in [0.2, 0.25) is 0 Å². The lowest BCUT2D eigenvalue weighted by Crippen LogP contribution is -1.94. The van der Waals surface area contributed by atoms with Gasteiger partial charge in [-0.2, -0.15) is 5.10 Å². The minimum absolute atomic E-state index is 0.454. The van der Waals surface area contributed by atoms with E-state index >= 15 is 0 Å². The molecule has 0 fully saturated rings. The van der Waals surface area contributed by atoms with Gasteiger partial charge in [-0.15, -0.1) is 0 Å². The van der Waals surface area contributed by atoms with E-state index in [1.54, 1.807) is 11.0 Å².